The van der Waals surface area contributed by atoms with Gasteiger partial charge in [-0.15, -0.1) is 0 Å². The Morgan fingerprint density at radius 2 is 1.70 bits per heavy atom. The molecule has 0 heterocycles. The maximum atomic E-state index is 13.9. The molecule has 0 aliphatic carbocycles. The van der Waals surface area contributed by atoms with E-state index >= 15 is 0 Å². The summed E-state index contributed by atoms with van der Waals surface area (Å²) >= 11 is 5.73. The summed E-state index contributed by atoms with van der Waals surface area (Å²) in [7, 11) is 0. The molecule has 102 valence electrons. The minimum Gasteiger partial charge on any atom is -0.478 e. The number of hydrogen-bond donors (Lipinski definition) is 2. The SMILES string of the molecule is O=C(O)c1ccc(-c2ccc(Cl)c(C(=O)O)c2)c(F)c1. The van der Waals surface area contributed by atoms with Crippen molar-refractivity contribution in [2.75, 3.05) is 0 Å². The van der Waals surface area contributed by atoms with E-state index in [2.05, 4.69) is 0 Å². The summed E-state index contributed by atoms with van der Waals surface area (Å²) < 4.78 is 13.9. The summed E-state index contributed by atoms with van der Waals surface area (Å²) in [6, 6.07) is 7.47. The van der Waals surface area contributed by atoms with Gasteiger partial charge < -0.3 is 10.2 Å². The molecule has 0 radical (unpaired) electrons. The van der Waals surface area contributed by atoms with Crippen LogP contribution in [-0.2, 0) is 0 Å². The first-order valence-corrected chi connectivity index (χ1v) is 5.84. The van der Waals surface area contributed by atoms with E-state index in [0.717, 1.165) is 6.07 Å². The number of halogens is 2. The minimum atomic E-state index is -1.24. The molecule has 2 rings (SSSR count). The summed E-state index contributed by atoms with van der Waals surface area (Å²) in [6.07, 6.45) is 0. The van der Waals surface area contributed by atoms with Gasteiger partial charge in [-0.1, -0.05) is 23.7 Å². The second-order valence-corrected chi connectivity index (χ2v) is 4.41. The Hall–Kier alpha value is -2.40. The van der Waals surface area contributed by atoms with Crippen LogP contribution >= 0.6 is 11.6 Å². The number of hydrogen-bond acceptors (Lipinski definition) is 2. The summed E-state index contributed by atoms with van der Waals surface area (Å²) in [4.78, 5) is 21.7. The average molecular weight is 295 g/mol. The molecule has 0 fully saturated rings. The second kappa shape index (κ2) is 5.30. The maximum absolute atomic E-state index is 13.9. The highest BCUT2D eigenvalue weighted by Gasteiger charge is 2.14. The Kier molecular flexibility index (Phi) is 3.72. The van der Waals surface area contributed by atoms with Crippen molar-refractivity contribution in [2.45, 2.75) is 0 Å². The summed E-state index contributed by atoms with van der Waals surface area (Å²) in [5.41, 5.74) is 0.0833. The molecular formula is C14H8ClFO4. The Labute approximate surface area is 118 Å². The van der Waals surface area contributed by atoms with Gasteiger partial charge in [-0.2, -0.15) is 0 Å². The van der Waals surface area contributed by atoms with Crippen LogP contribution < -0.4 is 0 Å². The highest BCUT2D eigenvalue weighted by atomic mass is 35.5. The van der Waals surface area contributed by atoms with Crippen molar-refractivity contribution >= 4 is 23.5 Å². The van der Waals surface area contributed by atoms with E-state index in [9.17, 15) is 14.0 Å². The van der Waals surface area contributed by atoms with Gasteiger partial charge in [-0.05, 0) is 29.8 Å². The highest BCUT2D eigenvalue weighted by Crippen LogP contribution is 2.28. The molecule has 6 heteroatoms. The van der Waals surface area contributed by atoms with Crippen molar-refractivity contribution in [2.24, 2.45) is 0 Å². The third-order valence-corrected chi connectivity index (χ3v) is 3.05. The van der Waals surface area contributed by atoms with Crippen molar-refractivity contribution < 1.29 is 24.2 Å². The van der Waals surface area contributed by atoms with Crippen LogP contribution in [0.5, 0.6) is 0 Å². The number of carbonyl (C=O) groups is 2. The van der Waals surface area contributed by atoms with Crippen molar-refractivity contribution in [1.82, 2.24) is 0 Å². The smallest absolute Gasteiger partial charge is 0.337 e. The molecule has 0 spiro atoms. The number of carboxylic acid groups (broad SMARTS) is 2. The van der Waals surface area contributed by atoms with Crippen LogP contribution in [0.3, 0.4) is 0 Å². The molecule has 0 aliphatic heterocycles. The Morgan fingerprint density at radius 1 is 1.00 bits per heavy atom. The predicted octanol–water partition coefficient (Wildman–Crippen LogP) is 3.54. The molecule has 0 saturated carbocycles. The molecule has 2 aromatic carbocycles. The largest absolute Gasteiger partial charge is 0.478 e. The molecule has 0 atom stereocenters. The lowest BCUT2D eigenvalue weighted by atomic mass is 10.0. The molecule has 0 aromatic heterocycles. The topological polar surface area (TPSA) is 74.6 Å². The molecule has 2 aromatic rings. The highest BCUT2D eigenvalue weighted by molar-refractivity contribution is 6.33. The second-order valence-electron chi connectivity index (χ2n) is 4.00. The molecule has 0 unspecified atom stereocenters. The normalized spacial score (nSPS) is 10.3. The van der Waals surface area contributed by atoms with Gasteiger partial charge in [0.05, 0.1) is 16.1 Å². The Balaban J connectivity index is 2.54. The van der Waals surface area contributed by atoms with Gasteiger partial charge in [-0.25, -0.2) is 14.0 Å². The van der Waals surface area contributed by atoms with Crippen molar-refractivity contribution in [3.05, 3.63) is 58.4 Å². The van der Waals surface area contributed by atoms with Crippen LogP contribution in [0.4, 0.5) is 4.39 Å². The molecule has 2 N–H and O–H groups in total. The van der Waals surface area contributed by atoms with Crippen LogP contribution in [0.2, 0.25) is 5.02 Å². The Bertz CT molecular complexity index is 712. The summed E-state index contributed by atoms with van der Waals surface area (Å²) in [5, 5.41) is 17.8. The molecule has 0 aliphatic rings. The van der Waals surface area contributed by atoms with Gasteiger partial charge in [-0.3, -0.25) is 0 Å². The average Bonchev–Trinajstić information content (AvgIpc) is 2.39. The van der Waals surface area contributed by atoms with Crippen molar-refractivity contribution in [3.63, 3.8) is 0 Å². The zero-order chi connectivity index (χ0) is 14.9. The minimum absolute atomic E-state index is 0.0452. The van der Waals surface area contributed by atoms with Gasteiger partial charge >= 0.3 is 11.9 Å². The monoisotopic (exact) mass is 294 g/mol. The third kappa shape index (κ3) is 2.62. The van der Waals surface area contributed by atoms with Gasteiger partial charge in [0.1, 0.15) is 5.82 Å². The fourth-order valence-corrected chi connectivity index (χ4v) is 1.94. The maximum Gasteiger partial charge on any atom is 0.337 e. The molecule has 4 nitrogen and oxygen atoms in total. The van der Waals surface area contributed by atoms with E-state index in [1.165, 1.54) is 30.3 Å². The van der Waals surface area contributed by atoms with E-state index in [0.29, 0.717) is 5.56 Å². The quantitative estimate of drug-likeness (QED) is 0.908. The Morgan fingerprint density at radius 3 is 2.25 bits per heavy atom. The lowest BCUT2D eigenvalue weighted by Gasteiger charge is -2.07. The van der Waals surface area contributed by atoms with E-state index in [-0.39, 0.29) is 21.7 Å². The summed E-state index contributed by atoms with van der Waals surface area (Å²) in [6.45, 7) is 0. The van der Waals surface area contributed by atoms with Crippen molar-refractivity contribution in [1.29, 1.82) is 0 Å². The van der Waals surface area contributed by atoms with Gasteiger partial charge in [0.25, 0.3) is 0 Å². The number of aromatic carboxylic acids is 2. The fourth-order valence-electron chi connectivity index (χ4n) is 1.74. The third-order valence-electron chi connectivity index (χ3n) is 2.72. The predicted molar refractivity (Wildman–Crippen MR) is 70.8 cm³/mol. The standard InChI is InChI=1S/C14H8ClFO4/c15-11-4-2-7(5-10(11)14(19)20)9-3-1-8(13(17)18)6-12(9)16/h1-6H,(H,17,18)(H,19,20). The van der Waals surface area contributed by atoms with E-state index in [4.69, 9.17) is 21.8 Å². The van der Waals surface area contributed by atoms with E-state index in [1.54, 1.807) is 0 Å². The van der Waals surface area contributed by atoms with E-state index in [1.807, 2.05) is 0 Å². The van der Waals surface area contributed by atoms with Crippen LogP contribution in [0, 0.1) is 5.82 Å². The lowest BCUT2D eigenvalue weighted by molar-refractivity contribution is 0.0686. The van der Waals surface area contributed by atoms with E-state index < -0.39 is 17.8 Å². The van der Waals surface area contributed by atoms with Gasteiger partial charge in [0.2, 0.25) is 0 Å². The number of carboxylic acids is 2. The van der Waals surface area contributed by atoms with Crippen LogP contribution in [0.25, 0.3) is 11.1 Å². The molecule has 20 heavy (non-hydrogen) atoms. The summed E-state index contributed by atoms with van der Waals surface area (Å²) in [5.74, 6) is -3.21. The molecule has 0 saturated heterocycles. The van der Waals surface area contributed by atoms with Crippen molar-refractivity contribution in [3.8, 4) is 11.1 Å². The first-order valence-electron chi connectivity index (χ1n) is 5.46. The lowest BCUT2D eigenvalue weighted by Crippen LogP contribution is -2.00. The molecule has 0 bridgehead atoms. The fraction of sp³-hybridized carbons (Fsp3) is 0. The van der Waals surface area contributed by atoms with Gasteiger partial charge in [0.15, 0.2) is 0 Å². The zero-order valence-corrected chi connectivity index (χ0v) is 10.7. The molecule has 0 amide bonds. The zero-order valence-electron chi connectivity index (χ0n) is 9.93. The van der Waals surface area contributed by atoms with Crippen LogP contribution in [0.15, 0.2) is 36.4 Å². The first-order chi connectivity index (χ1) is 9.40. The van der Waals surface area contributed by atoms with Crippen LogP contribution in [-0.4, -0.2) is 22.2 Å². The number of rotatable bonds is 3. The number of benzene rings is 2. The molecular weight excluding hydrogens is 287 g/mol. The van der Waals surface area contributed by atoms with Gasteiger partial charge in [0, 0.05) is 5.56 Å². The van der Waals surface area contributed by atoms with Crippen LogP contribution in [0.1, 0.15) is 20.7 Å². The first kappa shape index (κ1) is 14.0.